The fourth-order valence-electron chi connectivity index (χ4n) is 3.04. The predicted octanol–water partition coefficient (Wildman–Crippen LogP) is 3.87. The van der Waals surface area contributed by atoms with E-state index in [9.17, 15) is 13.2 Å². The first-order valence-electron chi connectivity index (χ1n) is 9.20. The monoisotopic (exact) mass is 434 g/mol. The molecule has 0 atom stereocenters. The molecule has 3 rings (SSSR count). The van der Waals surface area contributed by atoms with E-state index in [0.717, 1.165) is 5.56 Å². The quantitative estimate of drug-likeness (QED) is 0.280. The number of ether oxygens (including phenoxy) is 2. The summed E-state index contributed by atoms with van der Waals surface area (Å²) in [6.45, 7) is 3.92. The lowest BCUT2D eigenvalue weighted by Crippen LogP contribution is -2.34. The third kappa shape index (κ3) is 5.71. The van der Waals surface area contributed by atoms with Gasteiger partial charge in [-0.1, -0.05) is 35.5 Å². The molecule has 1 aliphatic rings. The minimum absolute atomic E-state index is 0.324. The Kier molecular flexibility index (Phi) is 6.28. The highest BCUT2D eigenvalue weighted by Gasteiger charge is 2.33. The maximum absolute atomic E-state index is 11.6. The standard InChI is InChI=1S/C20H22N2O7S/c1-20(2)16-13-15(10-11-18(16)21-19(23)28-20)27-12-6-9-17(22-29-30(24,25)26)14-7-4-3-5-8-14/h3-5,7-8,10-11,13H,6,9,12H2,1-2H3,(H,21,23)(H,24,25,26). The Hall–Kier alpha value is -3.11. The molecule has 30 heavy (non-hydrogen) atoms. The summed E-state index contributed by atoms with van der Waals surface area (Å²) in [7, 11) is -4.69. The number of nitrogens with zero attached hydrogens (tertiary/aromatic N) is 1. The SMILES string of the molecule is CC1(C)OC(=O)Nc2ccc(OCCCC(=NOS(=O)(=O)O)c3ccccc3)cc21. The van der Waals surface area contributed by atoms with Gasteiger partial charge in [0.1, 0.15) is 11.4 Å². The Morgan fingerprint density at radius 2 is 1.93 bits per heavy atom. The van der Waals surface area contributed by atoms with E-state index in [0.29, 0.717) is 42.2 Å². The molecule has 0 aromatic heterocycles. The van der Waals surface area contributed by atoms with Gasteiger partial charge in [0.05, 0.1) is 18.0 Å². The van der Waals surface area contributed by atoms with Gasteiger partial charge in [0.25, 0.3) is 0 Å². The van der Waals surface area contributed by atoms with Crippen molar-refractivity contribution in [2.24, 2.45) is 5.16 Å². The topological polar surface area (TPSA) is 124 Å². The molecule has 0 bridgehead atoms. The predicted molar refractivity (Wildman–Crippen MR) is 110 cm³/mol. The van der Waals surface area contributed by atoms with Gasteiger partial charge in [0.15, 0.2) is 0 Å². The molecule has 0 saturated carbocycles. The van der Waals surface area contributed by atoms with Crippen LogP contribution in [0.2, 0.25) is 0 Å². The molecule has 10 heteroatoms. The van der Waals surface area contributed by atoms with E-state index in [2.05, 4.69) is 14.8 Å². The van der Waals surface area contributed by atoms with Gasteiger partial charge in [-0.05, 0) is 50.5 Å². The fourth-order valence-corrected chi connectivity index (χ4v) is 3.22. The summed E-state index contributed by atoms with van der Waals surface area (Å²) in [5.41, 5.74) is 1.72. The van der Waals surface area contributed by atoms with E-state index in [1.807, 2.05) is 12.1 Å². The van der Waals surface area contributed by atoms with Crippen molar-refractivity contribution in [3.05, 3.63) is 59.7 Å². The lowest BCUT2D eigenvalue weighted by atomic mass is 9.94. The average molecular weight is 434 g/mol. The van der Waals surface area contributed by atoms with Gasteiger partial charge in [-0.2, -0.15) is 8.42 Å². The summed E-state index contributed by atoms with van der Waals surface area (Å²) < 4.78 is 45.7. The number of rotatable bonds is 8. The number of carbonyl (C=O) groups excluding carboxylic acids is 1. The van der Waals surface area contributed by atoms with Crippen LogP contribution in [-0.2, 0) is 25.0 Å². The number of oxime groups is 1. The molecular formula is C20H22N2O7S. The summed E-state index contributed by atoms with van der Waals surface area (Å²) >= 11 is 0. The van der Waals surface area contributed by atoms with Crippen molar-refractivity contribution in [3.63, 3.8) is 0 Å². The second-order valence-electron chi connectivity index (χ2n) is 7.09. The number of hydrogen-bond acceptors (Lipinski definition) is 7. The Morgan fingerprint density at radius 3 is 2.63 bits per heavy atom. The smallest absolute Gasteiger partial charge is 0.466 e. The van der Waals surface area contributed by atoms with Gasteiger partial charge in [-0.25, -0.2) is 9.08 Å². The molecule has 9 nitrogen and oxygen atoms in total. The van der Waals surface area contributed by atoms with Crippen molar-refractivity contribution in [3.8, 4) is 5.75 Å². The van der Waals surface area contributed by atoms with E-state index < -0.39 is 22.1 Å². The fraction of sp³-hybridized carbons (Fsp3) is 0.300. The second kappa shape index (κ2) is 8.72. The van der Waals surface area contributed by atoms with Crippen LogP contribution >= 0.6 is 0 Å². The molecule has 0 saturated heterocycles. The van der Waals surface area contributed by atoms with Crippen molar-refractivity contribution in [1.29, 1.82) is 0 Å². The van der Waals surface area contributed by atoms with Crippen molar-refractivity contribution < 1.29 is 31.5 Å². The molecule has 0 spiro atoms. The van der Waals surface area contributed by atoms with Crippen LogP contribution in [-0.4, -0.2) is 31.4 Å². The van der Waals surface area contributed by atoms with Crippen molar-refractivity contribution in [1.82, 2.24) is 0 Å². The Morgan fingerprint density at radius 1 is 1.20 bits per heavy atom. The van der Waals surface area contributed by atoms with Crippen LogP contribution < -0.4 is 10.1 Å². The van der Waals surface area contributed by atoms with E-state index in [4.69, 9.17) is 14.0 Å². The minimum Gasteiger partial charge on any atom is -0.494 e. The van der Waals surface area contributed by atoms with Gasteiger partial charge in [0, 0.05) is 5.56 Å². The highest BCUT2D eigenvalue weighted by molar-refractivity contribution is 7.80. The Bertz CT molecular complexity index is 1050. The maximum Gasteiger partial charge on any atom is 0.466 e. The largest absolute Gasteiger partial charge is 0.494 e. The molecule has 2 N–H and O–H groups in total. The first-order chi connectivity index (χ1) is 14.1. The number of benzene rings is 2. The summed E-state index contributed by atoms with van der Waals surface area (Å²) in [5, 5.41) is 6.21. The highest BCUT2D eigenvalue weighted by atomic mass is 32.3. The molecule has 0 unspecified atom stereocenters. The number of amides is 1. The van der Waals surface area contributed by atoms with Crippen LogP contribution in [0.3, 0.4) is 0 Å². The second-order valence-corrected chi connectivity index (χ2v) is 8.10. The molecule has 0 aliphatic carbocycles. The summed E-state index contributed by atoms with van der Waals surface area (Å²) in [6, 6.07) is 14.2. The number of carbonyl (C=O) groups is 1. The Balaban J connectivity index is 1.63. The van der Waals surface area contributed by atoms with Crippen molar-refractivity contribution in [2.45, 2.75) is 32.3 Å². The highest BCUT2D eigenvalue weighted by Crippen LogP contribution is 2.37. The molecule has 1 amide bonds. The minimum atomic E-state index is -4.69. The molecule has 2 aromatic rings. The van der Waals surface area contributed by atoms with Crippen LogP contribution in [0.25, 0.3) is 0 Å². The number of hydrogen-bond donors (Lipinski definition) is 2. The number of fused-ring (bicyclic) bond motifs is 1. The van der Waals surface area contributed by atoms with Crippen LogP contribution in [0.5, 0.6) is 5.75 Å². The molecule has 1 aliphatic heterocycles. The normalized spacial score (nSPS) is 15.6. The van der Waals surface area contributed by atoms with Gasteiger partial charge in [-0.15, -0.1) is 0 Å². The van der Waals surface area contributed by atoms with Crippen molar-refractivity contribution >= 4 is 27.9 Å². The first kappa shape index (κ1) is 21.6. The molecule has 2 aromatic carbocycles. The van der Waals surface area contributed by atoms with Crippen LogP contribution in [0, 0.1) is 0 Å². The van der Waals surface area contributed by atoms with Crippen LogP contribution in [0.1, 0.15) is 37.8 Å². The lowest BCUT2D eigenvalue weighted by molar-refractivity contribution is 0.0418. The van der Waals surface area contributed by atoms with Gasteiger partial charge < -0.3 is 9.47 Å². The Labute approximate surface area is 174 Å². The molecule has 0 radical (unpaired) electrons. The van der Waals surface area contributed by atoms with Crippen LogP contribution in [0.4, 0.5) is 10.5 Å². The first-order valence-corrected chi connectivity index (χ1v) is 10.6. The average Bonchev–Trinajstić information content (AvgIpc) is 2.67. The van der Waals surface area contributed by atoms with E-state index in [-0.39, 0.29) is 0 Å². The number of nitrogens with one attached hydrogen (secondary N) is 1. The summed E-state index contributed by atoms with van der Waals surface area (Å²) in [4.78, 5) is 11.6. The van der Waals surface area contributed by atoms with Gasteiger partial charge >= 0.3 is 16.5 Å². The molecule has 0 fully saturated rings. The molecule has 160 valence electrons. The van der Waals surface area contributed by atoms with E-state index in [1.54, 1.807) is 50.2 Å². The number of cyclic esters (lactones) is 1. The third-order valence-corrected chi connectivity index (χ3v) is 4.66. The summed E-state index contributed by atoms with van der Waals surface area (Å²) in [5.74, 6) is 0.606. The van der Waals surface area contributed by atoms with Crippen LogP contribution in [0.15, 0.2) is 53.7 Å². The summed E-state index contributed by atoms with van der Waals surface area (Å²) in [6.07, 6.45) is 0.367. The van der Waals surface area contributed by atoms with E-state index >= 15 is 0 Å². The number of anilines is 1. The zero-order chi connectivity index (χ0) is 21.8. The third-order valence-electron chi connectivity index (χ3n) is 4.40. The van der Waals surface area contributed by atoms with E-state index in [1.165, 1.54) is 0 Å². The van der Waals surface area contributed by atoms with Gasteiger partial charge in [-0.3, -0.25) is 9.87 Å². The zero-order valence-electron chi connectivity index (χ0n) is 16.5. The van der Waals surface area contributed by atoms with Gasteiger partial charge in [0.2, 0.25) is 0 Å². The molecular weight excluding hydrogens is 412 g/mol. The lowest BCUT2D eigenvalue weighted by Gasteiger charge is -2.32. The maximum atomic E-state index is 11.6. The zero-order valence-corrected chi connectivity index (χ0v) is 17.3. The van der Waals surface area contributed by atoms with Crippen molar-refractivity contribution in [2.75, 3.05) is 11.9 Å². The molecule has 1 heterocycles.